The summed E-state index contributed by atoms with van der Waals surface area (Å²) in [7, 11) is 1.34. The van der Waals surface area contributed by atoms with Crippen molar-refractivity contribution in [3.05, 3.63) is 34.3 Å². The Labute approximate surface area is 145 Å². The Morgan fingerprint density at radius 3 is 2.83 bits per heavy atom. The molecule has 0 radical (unpaired) electrons. The highest BCUT2D eigenvalue weighted by Gasteiger charge is 2.34. The number of hydrogen-bond acceptors (Lipinski definition) is 5. The van der Waals surface area contributed by atoms with Crippen LogP contribution in [0.15, 0.2) is 18.2 Å². The monoisotopic (exact) mass is 360 g/mol. The van der Waals surface area contributed by atoms with Crippen molar-refractivity contribution in [1.82, 2.24) is 10.2 Å². The van der Waals surface area contributed by atoms with Crippen LogP contribution >= 0.6 is 24.0 Å². The largest absolute Gasteiger partial charge is 0.468 e. The average Bonchev–Trinajstić information content (AvgIpc) is 3.13. The van der Waals surface area contributed by atoms with E-state index in [9.17, 15) is 9.59 Å². The topological polar surface area (TPSA) is 67.9 Å². The first kappa shape index (κ1) is 17.8. The Morgan fingerprint density at radius 1 is 1.35 bits per heavy atom. The highest BCUT2D eigenvalue weighted by molar-refractivity contribution is 6.31. The van der Waals surface area contributed by atoms with Gasteiger partial charge in [0.1, 0.15) is 12.1 Å². The van der Waals surface area contributed by atoms with Crippen molar-refractivity contribution in [2.24, 2.45) is 0 Å². The van der Waals surface area contributed by atoms with E-state index >= 15 is 0 Å². The van der Waals surface area contributed by atoms with Crippen LogP contribution in [0.4, 0.5) is 4.79 Å². The van der Waals surface area contributed by atoms with Crippen molar-refractivity contribution in [2.45, 2.75) is 31.7 Å². The summed E-state index contributed by atoms with van der Waals surface area (Å²) in [5.41, 5.74) is 2.01. The zero-order chi connectivity index (χ0) is 15.7. The lowest BCUT2D eigenvalue weighted by Crippen LogP contribution is -2.31. The number of esters is 1. The number of fused-ring (bicyclic) bond motifs is 1. The molecule has 23 heavy (non-hydrogen) atoms. The first-order valence-corrected chi connectivity index (χ1v) is 7.49. The van der Waals surface area contributed by atoms with Crippen LogP contribution in [0.1, 0.15) is 17.5 Å². The molecule has 0 spiro atoms. The summed E-state index contributed by atoms with van der Waals surface area (Å²) in [4.78, 5) is 25.3. The third-order valence-corrected chi connectivity index (χ3v) is 4.38. The lowest BCUT2D eigenvalue weighted by molar-refractivity contribution is -0.142. The lowest BCUT2D eigenvalue weighted by atomic mass is 10.1. The van der Waals surface area contributed by atoms with Gasteiger partial charge in [-0.15, -0.1) is 12.4 Å². The first-order chi connectivity index (χ1) is 10.6. The highest BCUT2D eigenvalue weighted by Crippen LogP contribution is 2.29. The Kier molecular flexibility index (Phi) is 5.73. The van der Waals surface area contributed by atoms with E-state index in [4.69, 9.17) is 16.3 Å². The second-order valence-electron chi connectivity index (χ2n) is 5.46. The second kappa shape index (κ2) is 7.38. The number of halogens is 2. The molecule has 1 aromatic carbocycles. The van der Waals surface area contributed by atoms with E-state index in [1.54, 1.807) is 4.90 Å². The van der Waals surface area contributed by atoms with E-state index < -0.39 is 6.04 Å². The molecule has 6 nitrogen and oxygen atoms in total. The summed E-state index contributed by atoms with van der Waals surface area (Å²) in [5.74, 6) is -0.334. The molecule has 1 amide bonds. The summed E-state index contributed by atoms with van der Waals surface area (Å²) in [6.45, 7) is 1.40. The number of ether oxygens (including phenoxy) is 2. The number of nitrogens with one attached hydrogen (secondary N) is 1. The molecule has 0 aromatic heterocycles. The number of hydrogen-bond donors (Lipinski definition) is 1. The average molecular weight is 361 g/mol. The Hall–Kier alpha value is -1.50. The van der Waals surface area contributed by atoms with Gasteiger partial charge in [0.25, 0.3) is 0 Å². The van der Waals surface area contributed by atoms with Crippen LogP contribution in [0.2, 0.25) is 5.02 Å². The lowest BCUT2D eigenvalue weighted by Gasteiger charge is -2.18. The predicted molar refractivity (Wildman–Crippen MR) is 86.6 cm³/mol. The molecule has 1 aromatic rings. The fourth-order valence-corrected chi connectivity index (χ4v) is 3.10. The maximum atomic E-state index is 12.2. The van der Waals surface area contributed by atoms with Gasteiger partial charge in [-0.05, 0) is 17.2 Å². The maximum absolute atomic E-state index is 12.2. The summed E-state index contributed by atoms with van der Waals surface area (Å²) >= 11 is 6.14. The van der Waals surface area contributed by atoms with Crippen molar-refractivity contribution in [1.29, 1.82) is 0 Å². The Morgan fingerprint density at radius 2 is 2.13 bits per heavy atom. The van der Waals surface area contributed by atoms with Crippen molar-refractivity contribution in [3.63, 3.8) is 0 Å². The second-order valence-corrected chi connectivity index (χ2v) is 5.87. The normalized spacial score (nSPS) is 22.3. The zero-order valence-corrected chi connectivity index (χ0v) is 14.2. The highest BCUT2D eigenvalue weighted by atomic mass is 35.5. The van der Waals surface area contributed by atoms with Crippen molar-refractivity contribution in [3.8, 4) is 0 Å². The minimum atomic E-state index is -0.409. The van der Waals surface area contributed by atoms with Crippen LogP contribution in [0, 0.1) is 0 Å². The Balaban J connectivity index is 0.00000192. The van der Waals surface area contributed by atoms with Crippen LogP contribution in [0.5, 0.6) is 0 Å². The smallest absolute Gasteiger partial charge is 0.410 e. The Bertz CT molecular complexity index is 611. The molecule has 2 atom stereocenters. The third kappa shape index (κ3) is 3.71. The van der Waals surface area contributed by atoms with E-state index in [0.29, 0.717) is 31.1 Å². The van der Waals surface area contributed by atoms with Gasteiger partial charge in [0.15, 0.2) is 0 Å². The number of methoxy groups -OCH3 is 1. The molecule has 2 heterocycles. The molecule has 1 saturated heterocycles. The van der Waals surface area contributed by atoms with Crippen LogP contribution in [-0.4, -0.2) is 42.8 Å². The molecule has 3 rings (SSSR count). The summed E-state index contributed by atoms with van der Waals surface area (Å²) in [6.07, 6.45) is -0.277. The van der Waals surface area contributed by atoms with Crippen molar-refractivity contribution < 1.29 is 19.1 Å². The minimum absolute atomic E-state index is 0. The van der Waals surface area contributed by atoms with Crippen LogP contribution in [-0.2, 0) is 27.4 Å². The molecule has 0 saturated carbocycles. The number of carbonyl (C=O) groups is 2. The van der Waals surface area contributed by atoms with E-state index in [0.717, 1.165) is 11.1 Å². The van der Waals surface area contributed by atoms with Crippen molar-refractivity contribution in [2.75, 3.05) is 13.7 Å². The molecule has 1 fully saturated rings. The molecule has 0 bridgehead atoms. The quantitative estimate of drug-likeness (QED) is 0.818. The molecular formula is C15H18Cl2N2O4. The number of carbonyl (C=O) groups excluding carboxylic acids is 2. The van der Waals surface area contributed by atoms with Gasteiger partial charge in [0.05, 0.1) is 13.7 Å². The summed E-state index contributed by atoms with van der Waals surface area (Å²) in [5, 5.41) is 3.66. The number of benzene rings is 1. The van der Waals surface area contributed by atoms with Crippen molar-refractivity contribution >= 4 is 36.1 Å². The fourth-order valence-electron chi connectivity index (χ4n) is 2.84. The number of rotatable bonds is 2. The summed E-state index contributed by atoms with van der Waals surface area (Å²) < 4.78 is 10.1. The molecule has 126 valence electrons. The standard InChI is InChI=1S/C15H17ClN2O4.ClH/c1-21-14(19)13-5-10(6-17-13)22-15(20)18-7-9-3-2-4-12(16)11(9)8-18;/h2-4,10,13,17H,5-8H2,1H3;1H/t10-,13+;/m1./s1. The molecule has 2 aliphatic rings. The van der Waals surface area contributed by atoms with Crippen LogP contribution < -0.4 is 5.32 Å². The van der Waals surface area contributed by atoms with Gasteiger partial charge in [-0.3, -0.25) is 9.69 Å². The van der Waals surface area contributed by atoms with Gasteiger partial charge in [-0.1, -0.05) is 23.7 Å². The van der Waals surface area contributed by atoms with Gasteiger partial charge in [-0.2, -0.15) is 0 Å². The van der Waals surface area contributed by atoms with E-state index in [2.05, 4.69) is 10.1 Å². The third-order valence-electron chi connectivity index (χ3n) is 4.03. The maximum Gasteiger partial charge on any atom is 0.410 e. The fraction of sp³-hybridized carbons (Fsp3) is 0.467. The SMILES string of the molecule is COC(=O)[C@@H]1C[C@@H](OC(=O)N2Cc3cccc(Cl)c3C2)CN1.Cl. The zero-order valence-electron chi connectivity index (χ0n) is 12.6. The molecule has 1 N–H and O–H groups in total. The molecule has 8 heteroatoms. The van der Waals surface area contributed by atoms with Crippen LogP contribution in [0.3, 0.4) is 0 Å². The van der Waals surface area contributed by atoms with Gasteiger partial charge >= 0.3 is 12.1 Å². The van der Waals surface area contributed by atoms with E-state index in [1.165, 1.54) is 7.11 Å². The number of nitrogens with zero attached hydrogens (tertiary/aromatic N) is 1. The van der Waals surface area contributed by atoms with Gasteiger partial charge < -0.3 is 14.8 Å². The molecule has 2 aliphatic heterocycles. The predicted octanol–water partition coefficient (Wildman–Crippen LogP) is 2.12. The van der Waals surface area contributed by atoms with Gasteiger partial charge in [-0.25, -0.2) is 4.79 Å². The minimum Gasteiger partial charge on any atom is -0.468 e. The number of amides is 1. The van der Waals surface area contributed by atoms with Gasteiger partial charge in [0.2, 0.25) is 0 Å². The first-order valence-electron chi connectivity index (χ1n) is 7.11. The van der Waals surface area contributed by atoms with E-state index in [1.807, 2.05) is 18.2 Å². The molecule has 0 aliphatic carbocycles. The van der Waals surface area contributed by atoms with Gasteiger partial charge in [0, 0.05) is 24.5 Å². The van der Waals surface area contributed by atoms with E-state index in [-0.39, 0.29) is 30.6 Å². The molecular weight excluding hydrogens is 343 g/mol. The molecule has 0 unspecified atom stereocenters. The summed E-state index contributed by atoms with van der Waals surface area (Å²) in [6, 6.07) is 5.24. The van der Waals surface area contributed by atoms with Crippen LogP contribution in [0.25, 0.3) is 0 Å².